The van der Waals surface area contributed by atoms with Crippen LogP contribution in [-0.4, -0.2) is 76.8 Å². The van der Waals surface area contributed by atoms with Gasteiger partial charge in [0.25, 0.3) is 0 Å². The quantitative estimate of drug-likeness (QED) is 0.763. The van der Waals surface area contributed by atoms with Crippen LogP contribution in [0.1, 0.15) is 37.1 Å². The molecule has 0 aromatic carbocycles. The van der Waals surface area contributed by atoms with E-state index >= 15 is 0 Å². The van der Waals surface area contributed by atoms with E-state index in [1.165, 1.54) is 5.01 Å². The minimum absolute atomic E-state index is 0.0766. The molecule has 0 aliphatic carbocycles. The third kappa shape index (κ3) is 6.65. The van der Waals surface area contributed by atoms with Gasteiger partial charge in [0, 0.05) is 43.7 Å². The van der Waals surface area contributed by atoms with E-state index < -0.39 is 12.1 Å². The lowest BCUT2D eigenvalue weighted by molar-refractivity contribution is -0.192. The van der Waals surface area contributed by atoms with E-state index in [4.69, 9.17) is 14.6 Å². The Bertz CT molecular complexity index is 672. The number of rotatable bonds is 5. The first-order valence-electron chi connectivity index (χ1n) is 9.38. The maximum Gasteiger partial charge on any atom is 0.490 e. The van der Waals surface area contributed by atoms with E-state index in [1.54, 1.807) is 18.4 Å². The first-order chi connectivity index (χ1) is 13.7. The average molecular weight is 437 g/mol. The molecule has 1 aromatic heterocycles. The zero-order valence-corrected chi connectivity index (χ0v) is 17.1. The van der Waals surface area contributed by atoms with E-state index in [0.717, 1.165) is 51.9 Å². The summed E-state index contributed by atoms with van der Waals surface area (Å²) in [6.07, 6.45) is 1.87. The number of likely N-dealkylation sites (tertiary alicyclic amines) is 2. The number of thiazole rings is 1. The van der Waals surface area contributed by atoms with Crippen molar-refractivity contribution in [1.82, 2.24) is 14.8 Å². The summed E-state index contributed by atoms with van der Waals surface area (Å²) in [7, 11) is 1.70. The molecular formula is C18H26F3N3O4S. The average Bonchev–Trinajstić information content (AvgIpc) is 3.20. The van der Waals surface area contributed by atoms with Crippen LogP contribution in [0.4, 0.5) is 13.2 Å². The van der Waals surface area contributed by atoms with Crippen LogP contribution < -0.4 is 0 Å². The maximum absolute atomic E-state index is 12.3. The number of carbonyl (C=O) groups excluding carboxylic acids is 1. The predicted octanol–water partition coefficient (Wildman–Crippen LogP) is 2.77. The SMILES string of the molecule is COCCN1C(=O)CCC12CCCN(Cc1nccs1)CC2.O=C(O)C(F)(F)F. The molecule has 3 rings (SSSR count). The number of carbonyl (C=O) groups is 2. The van der Waals surface area contributed by atoms with Gasteiger partial charge in [-0.1, -0.05) is 0 Å². The molecule has 2 aliphatic rings. The highest BCUT2D eigenvalue weighted by Crippen LogP contribution is 2.39. The second kappa shape index (κ2) is 10.4. The zero-order chi connectivity index (χ0) is 21.5. The topological polar surface area (TPSA) is 83.0 Å². The molecule has 29 heavy (non-hydrogen) atoms. The smallest absolute Gasteiger partial charge is 0.475 e. The molecule has 3 heterocycles. The molecule has 0 bridgehead atoms. The summed E-state index contributed by atoms with van der Waals surface area (Å²) >= 11 is 1.73. The Hall–Kier alpha value is -1.72. The molecular weight excluding hydrogens is 411 g/mol. The summed E-state index contributed by atoms with van der Waals surface area (Å²) in [4.78, 5) is 30.1. The molecule has 11 heteroatoms. The third-order valence-corrected chi connectivity index (χ3v) is 6.06. The summed E-state index contributed by atoms with van der Waals surface area (Å²) in [5.41, 5.74) is 0.0766. The van der Waals surface area contributed by atoms with Gasteiger partial charge in [-0.25, -0.2) is 9.78 Å². The van der Waals surface area contributed by atoms with Crippen LogP contribution in [0.15, 0.2) is 11.6 Å². The van der Waals surface area contributed by atoms with Crippen LogP contribution in [0.5, 0.6) is 0 Å². The lowest BCUT2D eigenvalue weighted by atomic mass is 9.88. The van der Waals surface area contributed by atoms with Gasteiger partial charge in [-0.05, 0) is 32.2 Å². The predicted molar refractivity (Wildman–Crippen MR) is 100 cm³/mol. The molecule has 7 nitrogen and oxygen atoms in total. The summed E-state index contributed by atoms with van der Waals surface area (Å²) in [6, 6.07) is 0. The van der Waals surface area contributed by atoms with Crippen LogP contribution >= 0.6 is 11.3 Å². The van der Waals surface area contributed by atoms with E-state index in [2.05, 4.69) is 14.8 Å². The number of carboxylic acid groups (broad SMARTS) is 1. The first-order valence-corrected chi connectivity index (χ1v) is 10.3. The number of aliphatic carboxylic acids is 1. The lowest BCUT2D eigenvalue weighted by Gasteiger charge is -2.38. The molecule has 1 aromatic rings. The monoisotopic (exact) mass is 437 g/mol. The van der Waals surface area contributed by atoms with Gasteiger partial charge in [-0.2, -0.15) is 13.2 Å². The Kier molecular flexibility index (Phi) is 8.41. The molecule has 2 aliphatic heterocycles. The fraction of sp³-hybridized carbons (Fsp3) is 0.722. The summed E-state index contributed by atoms with van der Waals surface area (Å²) in [6.45, 7) is 4.47. The number of aromatic nitrogens is 1. The molecule has 1 amide bonds. The van der Waals surface area contributed by atoms with Crippen molar-refractivity contribution in [2.45, 2.75) is 50.4 Å². The van der Waals surface area contributed by atoms with Crippen molar-refractivity contribution in [1.29, 1.82) is 0 Å². The van der Waals surface area contributed by atoms with Crippen molar-refractivity contribution < 1.29 is 32.6 Å². The van der Waals surface area contributed by atoms with E-state index in [9.17, 15) is 18.0 Å². The molecule has 0 saturated carbocycles. The fourth-order valence-electron chi connectivity index (χ4n) is 3.85. The number of alkyl halides is 3. The largest absolute Gasteiger partial charge is 0.490 e. The minimum atomic E-state index is -5.08. The highest BCUT2D eigenvalue weighted by Gasteiger charge is 2.45. The molecule has 1 N–H and O–H groups in total. The van der Waals surface area contributed by atoms with Crippen molar-refractivity contribution in [3.63, 3.8) is 0 Å². The lowest BCUT2D eigenvalue weighted by Crippen LogP contribution is -2.47. The Morgan fingerprint density at radius 3 is 2.66 bits per heavy atom. The van der Waals surface area contributed by atoms with Crippen LogP contribution in [-0.2, 0) is 20.9 Å². The van der Waals surface area contributed by atoms with Gasteiger partial charge in [0.15, 0.2) is 0 Å². The second-order valence-corrected chi connectivity index (χ2v) is 8.10. The van der Waals surface area contributed by atoms with Crippen LogP contribution in [0.3, 0.4) is 0 Å². The van der Waals surface area contributed by atoms with Crippen LogP contribution in [0.25, 0.3) is 0 Å². The summed E-state index contributed by atoms with van der Waals surface area (Å²) in [5.74, 6) is -2.45. The van der Waals surface area contributed by atoms with Gasteiger partial charge in [-0.15, -0.1) is 11.3 Å². The van der Waals surface area contributed by atoms with Gasteiger partial charge in [-0.3, -0.25) is 9.69 Å². The molecule has 2 saturated heterocycles. The molecule has 164 valence electrons. The van der Waals surface area contributed by atoms with Crippen molar-refractivity contribution in [3.05, 3.63) is 16.6 Å². The first kappa shape index (κ1) is 23.6. The number of hydrogen-bond acceptors (Lipinski definition) is 6. The highest BCUT2D eigenvalue weighted by atomic mass is 32.1. The third-order valence-electron chi connectivity index (χ3n) is 5.29. The van der Waals surface area contributed by atoms with Crippen molar-refractivity contribution in [3.8, 4) is 0 Å². The van der Waals surface area contributed by atoms with Crippen molar-refractivity contribution in [2.75, 3.05) is 33.4 Å². The minimum Gasteiger partial charge on any atom is -0.475 e. The molecule has 1 atom stereocenters. The number of ether oxygens (including phenoxy) is 1. The van der Waals surface area contributed by atoms with Crippen LogP contribution in [0.2, 0.25) is 0 Å². The number of amides is 1. The van der Waals surface area contributed by atoms with Gasteiger partial charge in [0.05, 0.1) is 13.2 Å². The van der Waals surface area contributed by atoms with E-state index in [1.807, 2.05) is 11.6 Å². The van der Waals surface area contributed by atoms with Crippen molar-refractivity contribution >= 4 is 23.2 Å². The molecule has 0 radical (unpaired) electrons. The number of halogens is 3. The number of carboxylic acids is 1. The number of hydrogen-bond donors (Lipinski definition) is 1. The van der Waals surface area contributed by atoms with Crippen LogP contribution in [0, 0.1) is 0 Å². The van der Waals surface area contributed by atoms with Gasteiger partial charge >= 0.3 is 12.1 Å². The zero-order valence-electron chi connectivity index (χ0n) is 16.3. The number of nitrogens with zero attached hydrogens (tertiary/aromatic N) is 3. The normalized spacial score (nSPS) is 23.0. The number of methoxy groups -OCH3 is 1. The Labute approximate surface area is 171 Å². The molecule has 1 unspecified atom stereocenters. The highest BCUT2D eigenvalue weighted by molar-refractivity contribution is 7.09. The Morgan fingerprint density at radius 2 is 2.07 bits per heavy atom. The van der Waals surface area contributed by atoms with E-state index in [0.29, 0.717) is 18.9 Å². The molecule has 2 fully saturated rings. The maximum atomic E-state index is 12.3. The summed E-state index contributed by atoms with van der Waals surface area (Å²) in [5, 5.41) is 10.4. The van der Waals surface area contributed by atoms with E-state index in [-0.39, 0.29) is 5.54 Å². The fourth-order valence-corrected chi connectivity index (χ4v) is 4.51. The second-order valence-electron chi connectivity index (χ2n) is 7.12. The van der Waals surface area contributed by atoms with Gasteiger partial charge in [0.1, 0.15) is 5.01 Å². The Balaban J connectivity index is 0.000000370. The van der Waals surface area contributed by atoms with Crippen molar-refractivity contribution in [2.24, 2.45) is 0 Å². The van der Waals surface area contributed by atoms with Gasteiger partial charge in [0.2, 0.25) is 5.91 Å². The summed E-state index contributed by atoms with van der Waals surface area (Å²) < 4.78 is 36.9. The molecule has 1 spiro atoms. The standard InChI is InChI=1S/C16H25N3O2S.C2HF3O2/c1-21-11-10-19-15(20)3-5-16(19)4-2-8-18(9-6-16)13-14-17-7-12-22-14;3-2(4,5)1(6)7/h7,12H,2-6,8-11,13H2,1H3;(H,6,7). The van der Waals surface area contributed by atoms with Gasteiger partial charge < -0.3 is 14.7 Å². The Morgan fingerprint density at radius 1 is 1.34 bits per heavy atom.